The van der Waals surface area contributed by atoms with Crippen molar-refractivity contribution in [3.8, 4) is 0 Å². The van der Waals surface area contributed by atoms with E-state index in [2.05, 4.69) is 67.8 Å². The van der Waals surface area contributed by atoms with Gasteiger partial charge in [0.15, 0.2) is 23.8 Å². The van der Waals surface area contributed by atoms with Gasteiger partial charge in [0.05, 0.1) is 6.04 Å². The maximum atomic E-state index is 15.1. The Labute approximate surface area is 581 Å². The number of guanidine groups is 4. The lowest BCUT2D eigenvalue weighted by atomic mass is 10.0. The molecular formula is C60H99N25O12S2. The van der Waals surface area contributed by atoms with Crippen molar-refractivity contribution in [3.05, 3.63) is 48.0 Å². The average Bonchev–Trinajstić information content (AvgIpc) is 1.79. The van der Waals surface area contributed by atoms with Gasteiger partial charge in [0.2, 0.25) is 53.2 Å². The number of carboxylic acid groups (broad SMARTS) is 1. The fraction of sp³-hybridized carbons (Fsp3) is 0.583. The normalized spacial score (nSPS) is 19.8. The summed E-state index contributed by atoms with van der Waals surface area (Å²) in [4.78, 5) is 173. The van der Waals surface area contributed by atoms with Crippen LogP contribution in [0.2, 0.25) is 0 Å². The standard InChI is InChI=1S/C60H99N25O12S2/c61-22-4-3-13-41-54(94)85-28-10-19-45(85)53(93)80-40(17-8-27-76-60(71)97)50(90)84-44(52(92)82-42(55(95)96)18-9-26-75-59(69)70)32-99-98-31-43(51(91)79-38(48(88)81-41)15-6-24-73-57(65)66)83-49(89)39(16-7-25-74-58(67)68)78-47(87)37(14-5-23-72-56(63)64)77-46(86)36(62)30-33-20-21-34-11-1-2-12-35(34)29-33/h1-2,11-12,20-21,29,36-45H,3-10,13-19,22-28,30-32,61-62H2,(H,77,86)(H,78,87)(H,79,91)(H,80,93)(H,81,88)(H,82,92)(H,83,89)(H,84,90)(H,95,96)(H4,63,64,72)(H4,65,66,73)(H4,67,68,74)(H4,69,70,75)(H3,71,76,97)/t36-,37-,38-,39-,40-,41+,42-,43-,44-,45-/m0/s1. The number of rotatable bonds is 35. The van der Waals surface area contributed by atoms with Gasteiger partial charge in [0, 0.05) is 50.8 Å². The molecule has 2 aromatic rings. The first kappa shape index (κ1) is 81.8. The Hall–Kier alpha value is -9.63. The molecule has 548 valence electrons. The molecule has 0 aromatic heterocycles. The number of carbonyl (C=O) groups excluding carboxylic acids is 10. The highest BCUT2D eigenvalue weighted by Gasteiger charge is 2.41. The van der Waals surface area contributed by atoms with Crippen LogP contribution in [0.25, 0.3) is 10.8 Å². The Morgan fingerprint density at radius 3 is 1.70 bits per heavy atom. The molecule has 2 fully saturated rings. The summed E-state index contributed by atoms with van der Waals surface area (Å²) >= 11 is 0. The Morgan fingerprint density at radius 1 is 0.576 bits per heavy atom. The number of hydrogen-bond donors (Lipinski definition) is 21. The zero-order valence-corrected chi connectivity index (χ0v) is 57.0. The van der Waals surface area contributed by atoms with Crippen molar-refractivity contribution in [1.29, 1.82) is 0 Å². The number of nitrogens with two attached hydrogens (primary N) is 11. The number of hydrogen-bond acceptors (Lipinski definition) is 19. The first-order valence-electron chi connectivity index (χ1n) is 32.6. The summed E-state index contributed by atoms with van der Waals surface area (Å²) in [5.74, 6) is -11.0. The topological polar surface area (TPSA) is 655 Å². The fourth-order valence-corrected chi connectivity index (χ4v) is 12.9. The van der Waals surface area contributed by atoms with Crippen molar-refractivity contribution in [3.63, 3.8) is 0 Å². The average molecular weight is 1430 g/mol. The number of benzene rings is 2. The molecule has 0 unspecified atom stereocenters. The molecule has 0 radical (unpaired) electrons. The number of aliphatic imine (C=N–C) groups is 4. The van der Waals surface area contributed by atoms with Gasteiger partial charge in [-0.05, 0) is 126 Å². The molecule has 10 atom stereocenters. The number of aliphatic carboxylic acids is 1. The number of primary amides is 1. The minimum Gasteiger partial charge on any atom is -0.480 e. The third-order valence-electron chi connectivity index (χ3n) is 15.7. The van der Waals surface area contributed by atoms with E-state index in [1.54, 1.807) is 0 Å². The van der Waals surface area contributed by atoms with Crippen molar-refractivity contribution < 1.29 is 57.8 Å². The lowest BCUT2D eigenvalue weighted by Gasteiger charge is -2.31. The molecule has 2 aliphatic heterocycles. The van der Waals surface area contributed by atoms with Crippen LogP contribution in [0.15, 0.2) is 62.4 Å². The molecule has 0 bridgehead atoms. The smallest absolute Gasteiger partial charge is 0.326 e. The number of amides is 11. The molecule has 32 N–H and O–H groups in total. The predicted octanol–water partition coefficient (Wildman–Crippen LogP) is -6.15. The van der Waals surface area contributed by atoms with Crippen LogP contribution in [0.1, 0.15) is 102 Å². The fourth-order valence-electron chi connectivity index (χ4n) is 10.6. The molecule has 2 heterocycles. The van der Waals surface area contributed by atoms with E-state index in [-0.39, 0.29) is 159 Å². The molecular weight excluding hydrogens is 1330 g/mol. The maximum absolute atomic E-state index is 15.1. The number of unbranched alkanes of at least 4 members (excludes halogenated alkanes) is 1. The van der Waals surface area contributed by atoms with Crippen molar-refractivity contribution >= 4 is 121 Å². The van der Waals surface area contributed by atoms with E-state index in [0.717, 1.165) is 37.9 Å². The molecule has 37 nitrogen and oxygen atoms in total. The summed E-state index contributed by atoms with van der Waals surface area (Å²) in [6.45, 7) is 0.182. The zero-order chi connectivity index (χ0) is 73.0. The van der Waals surface area contributed by atoms with Crippen LogP contribution >= 0.6 is 21.6 Å². The molecule has 2 saturated heterocycles. The van der Waals surface area contributed by atoms with E-state index in [1.807, 2.05) is 42.5 Å². The second-order valence-corrected chi connectivity index (χ2v) is 26.1. The molecule has 0 aliphatic carbocycles. The predicted molar refractivity (Wildman–Crippen MR) is 378 cm³/mol. The quantitative estimate of drug-likeness (QED) is 0.0132. The van der Waals surface area contributed by atoms with E-state index >= 15 is 9.59 Å². The molecule has 11 amide bonds. The number of nitrogens with one attached hydrogen (secondary N) is 9. The van der Waals surface area contributed by atoms with Gasteiger partial charge in [-0.2, -0.15) is 0 Å². The third kappa shape index (κ3) is 30.4. The van der Waals surface area contributed by atoms with Crippen LogP contribution in [-0.2, 0) is 54.4 Å². The van der Waals surface area contributed by atoms with Crippen molar-refractivity contribution in [2.45, 2.75) is 163 Å². The van der Waals surface area contributed by atoms with Gasteiger partial charge in [0.25, 0.3) is 0 Å². The van der Waals surface area contributed by atoms with Gasteiger partial charge < -0.3 is 121 Å². The van der Waals surface area contributed by atoms with Crippen molar-refractivity contribution in [2.75, 3.05) is 57.3 Å². The molecule has 2 aliphatic rings. The van der Waals surface area contributed by atoms with Crippen LogP contribution in [0.5, 0.6) is 0 Å². The van der Waals surface area contributed by atoms with Crippen LogP contribution in [0, 0.1) is 0 Å². The summed E-state index contributed by atoms with van der Waals surface area (Å²) in [5, 5.41) is 35.9. The number of fused-ring (bicyclic) bond motifs is 2. The summed E-state index contributed by atoms with van der Waals surface area (Å²) in [6, 6.07) is -1.90. The van der Waals surface area contributed by atoms with Crippen molar-refractivity contribution in [2.24, 2.45) is 83.0 Å². The molecule has 2 aromatic carbocycles. The van der Waals surface area contributed by atoms with E-state index in [0.29, 0.717) is 19.3 Å². The number of urea groups is 1. The van der Waals surface area contributed by atoms with E-state index in [9.17, 15) is 48.3 Å². The second-order valence-electron chi connectivity index (χ2n) is 23.6. The molecule has 4 rings (SSSR count). The number of carboxylic acids is 1. The van der Waals surface area contributed by atoms with Gasteiger partial charge in [-0.1, -0.05) is 64.1 Å². The minimum absolute atomic E-state index is 0.00287. The van der Waals surface area contributed by atoms with Crippen LogP contribution in [0.3, 0.4) is 0 Å². The van der Waals surface area contributed by atoms with Crippen LogP contribution in [-0.4, -0.2) is 217 Å². The zero-order valence-electron chi connectivity index (χ0n) is 55.3. The monoisotopic (exact) mass is 1430 g/mol. The van der Waals surface area contributed by atoms with Gasteiger partial charge in [-0.25, -0.2) is 9.59 Å². The molecule has 0 saturated carbocycles. The highest BCUT2D eigenvalue weighted by atomic mass is 33.1. The van der Waals surface area contributed by atoms with Gasteiger partial charge in [-0.15, -0.1) is 0 Å². The third-order valence-corrected chi connectivity index (χ3v) is 18.1. The van der Waals surface area contributed by atoms with Gasteiger partial charge in [0.1, 0.15) is 54.4 Å². The number of nitrogens with zero attached hydrogens (tertiary/aromatic N) is 5. The summed E-state index contributed by atoms with van der Waals surface area (Å²) in [7, 11) is 1.76. The summed E-state index contributed by atoms with van der Waals surface area (Å²) in [6.07, 6.45) is 0.948. The SMILES string of the molecule is NCCCC[C@H]1NC(=O)[C@H](CCCN=C(N)N)NC(=O)[C@@H](NC(=O)[C@H](CCCN=C(N)N)NC(=O)[C@H](CCCN=C(N)N)NC(=O)[C@@H](N)Cc2ccc3ccccc3c2)CSSC[C@@H](C(=O)N[C@@H](CCCN=C(N)N)C(=O)O)NC(=O)[C@H](CCCNC(N)=O)NC(=O)[C@@H]2CCCN2C1=O. The Bertz CT molecular complexity index is 3180. The minimum atomic E-state index is -1.64. The first-order chi connectivity index (χ1) is 47.2. The van der Waals surface area contributed by atoms with Crippen molar-refractivity contribution in [1.82, 2.24) is 52.8 Å². The largest absolute Gasteiger partial charge is 0.480 e. The van der Waals surface area contributed by atoms with E-state index in [1.165, 1.54) is 4.90 Å². The molecule has 99 heavy (non-hydrogen) atoms. The molecule has 39 heteroatoms. The lowest BCUT2D eigenvalue weighted by molar-refractivity contribution is -0.143. The van der Waals surface area contributed by atoms with Crippen LogP contribution < -0.4 is 111 Å². The Balaban J connectivity index is 1.84. The highest BCUT2D eigenvalue weighted by Crippen LogP contribution is 2.25. The van der Waals surface area contributed by atoms with E-state index in [4.69, 9.17) is 63.1 Å². The Morgan fingerprint density at radius 2 is 1.10 bits per heavy atom. The summed E-state index contributed by atoms with van der Waals surface area (Å²) in [5.41, 5.74) is 63.0. The summed E-state index contributed by atoms with van der Waals surface area (Å²) < 4.78 is 0. The molecule has 0 spiro atoms. The highest BCUT2D eigenvalue weighted by molar-refractivity contribution is 8.76. The van der Waals surface area contributed by atoms with Gasteiger partial charge >= 0.3 is 12.0 Å². The lowest BCUT2D eigenvalue weighted by Crippen LogP contribution is -2.61. The van der Waals surface area contributed by atoms with Gasteiger partial charge in [-0.3, -0.25) is 63.1 Å². The first-order valence-corrected chi connectivity index (χ1v) is 35.0. The second kappa shape index (κ2) is 43.6. The Kier molecular flexibility index (Phi) is 36.0. The maximum Gasteiger partial charge on any atom is 0.326 e. The van der Waals surface area contributed by atoms with Crippen LogP contribution in [0.4, 0.5) is 4.79 Å². The van der Waals surface area contributed by atoms with E-state index < -0.39 is 131 Å². The number of carbonyl (C=O) groups is 11.